The maximum absolute atomic E-state index is 12.4. The van der Waals surface area contributed by atoms with E-state index < -0.39 is 28.6 Å². The zero-order chi connectivity index (χ0) is 20.6. The van der Waals surface area contributed by atoms with Crippen LogP contribution >= 0.6 is 11.6 Å². The van der Waals surface area contributed by atoms with Crippen molar-refractivity contribution in [3.8, 4) is 0 Å². The van der Waals surface area contributed by atoms with Gasteiger partial charge < -0.3 is 10.6 Å². The van der Waals surface area contributed by atoms with Crippen LogP contribution in [0.2, 0.25) is 5.02 Å². The van der Waals surface area contributed by atoms with Crippen LogP contribution in [0.25, 0.3) is 11.6 Å². The molecule has 11 heteroatoms. The highest BCUT2D eigenvalue weighted by molar-refractivity contribution is 6.37. The quantitative estimate of drug-likeness (QED) is 0.448. The average Bonchev–Trinajstić information content (AvgIpc) is 2.88. The van der Waals surface area contributed by atoms with E-state index in [1.807, 2.05) is 0 Å². The van der Waals surface area contributed by atoms with Gasteiger partial charge >= 0.3 is 12.1 Å². The van der Waals surface area contributed by atoms with Gasteiger partial charge in [-0.3, -0.25) is 19.7 Å². The minimum Gasteiger partial charge on any atom is -0.321 e. The van der Waals surface area contributed by atoms with Gasteiger partial charge in [-0.25, -0.2) is 0 Å². The monoisotopic (exact) mass is 411 g/mol. The molecule has 0 aliphatic carbocycles. The van der Waals surface area contributed by atoms with E-state index in [2.05, 4.69) is 5.32 Å². The number of nitrogens with one attached hydrogen (secondary N) is 2. The number of nitro benzene ring substituents is 1. The summed E-state index contributed by atoms with van der Waals surface area (Å²) in [6.45, 7) is 0. The number of amides is 2. The molecule has 0 aromatic heterocycles. The summed E-state index contributed by atoms with van der Waals surface area (Å²) >= 11 is 5.82. The van der Waals surface area contributed by atoms with Gasteiger partial charge in [-0.2, -0.15) is 13.2 Å². The molecule has 3 rings (SSSR count). The number of anilines is 2. The molecule has 0 spiro atoms. The van der Waals surface area contributed by atoms with E-state index in [1.165, 1.54) is 36.4 Å². The lowest BCUT2D eigenvalue weighted by Crippen LogP contribution is -2.29. The number of nitro groups is 1. The number of nitrogens with zero attached hydrogens (tertiary/aromatic N) is 1. The standard InChI is InChI=1S/C17H9ClF3N3O4/c18-12-7-13-10(6-14(12)24(27)28)11(15(25)23-13)5-8-2-1-3-9(4-8)22-16(26)17(19,20)21/h1-7H,(H,22,26)(H,23,25)/b11-5+. The topological polar surface area (TPSA) is 101 Å². The number of hydrogen-bond acceptors (Lipinski definition) is 4. The number of carbonyl (C=O) groups excluding carboxylic acids is 2. The van der Waals surface area contributed by atoms with E-state index in [1.54, 1.807) is 5.32 Å². The normalized spacial score (nSPS) is 14.6. The van der Waals surface area contributed by atoms with Crippen molar-refractivity contribution in [3.63, 3.8) is 0 Å². The first-order valence-corrected chi connectivity index (χ1v) is 7.93. The van der Waals surface area contributed by atoms with E-state index in [0.717, 1.165) is 6.07 Å². The molecule has 2 aromatic carbocycles. The number of carbonyl (C=O) groups is 2. The zero-order valence-corrected chi connectivity index (χ0v) is 14.4. The third-order valence-corrected chi connectivity index (χ3v) is 4.08. The summed E-state index contributed by atoms with van der Waals surface area (Å²) in [5, 5.41) is 15.1. The molecule has 0 atom stereocenters. The lowest BCUT2D eigenvalue weighted by atomic mass is 10.0. The summed E-state index contributed by atoms with van der Waals surface area (Å²) in [4.78, 5) is 33.6. The van der Waals surface area contributed by atoms with Crippen molar-refractivity contribution in [3.05, 3.63) is 62.7 Å². The highest BCUT2D eigenvalue weighted by Gasteiger charge is 2.38. The number of rotatable bonds is 3. The zero-order valence-electron chi connectivity index (χ0n) is 13.6. The fourth-order valence-corrected chi connectivity index (χ4v) is 2.79. The van der Waals surface area contributed by atoms with Gasteiger partial charge in [0.1, 0.15) is 5.02 Å². The minimum absolute atomic E-state index is 0.0639. The molecule has 0 saturated carbocycles. The molecule has 28 heavy (non-hydrogen) atoms. The minimum atomic E-state index is -5.04. The predicted molar refractivity (Wildman–Crippen MR) is 95.7 cm³/mol. The van der Waals surface area contributed by atoms with Crippen molar-refractivity contribution in [1.82, 2.24) is 0 Å². The lowest BCUT2D eigenvalue weighted by Gasteiger charge is -2.08. The van der Waals surface area contributed by atoms with Gasteiger partial charge in [0.15, 0.2) is 0 Å². The number of fused-ring (bicyclic) bond motifs is 1. The maximum atomic E-state index is 12.4. The first kappa shape index (κ1) is 19.4. The molecule has 1 heterocycles. The van der Waals surface area contributed by atoms with Gasteiger partial charge in [0.2, 0.25) is 0 Å². The molecule has 0 fully saturated rings. The molecule has 144 valence electrons. The highest BCUT2D eigenvalue weighted by atomic mass is 35.5. The number of benzene rings is 2. The molecule has 7 nitrogen and oxygen atoms in total. The van der Waals surface area contributed by atoms with E-state index in [4.69, 9.17) is 11.6 Å². The molecule has 2 aromatic rings. The van der Waals surface area contributed by atoms with Crippen molar-refractivity contribution >= 4 is 52.1 Å². The van der Waals surface area contributed by atoms with Crippen LogP contribution < -0.4 is 10.6 Å². The molecule has 0 saturated heterocycles. The number of alkyl halides is 3. The molecular formula is C17H9ClF3N3O4. The summed E-state index contributed by atoms with van der Waals surface area (Å²) in [6.07, 6.45) is -3.71. The molecule has 0 radical (unpaired) electrons. The summed E-state index contributed by atoms with van der Waals surface area (Å²) in [6, 6.07) is 7.73. The van der Waals surface area contributed by atoms with Crippen LogP contribution in [0.15, 0.2) is 36.4 Å². The van der Waals surface area contributed by atoms with Gasteiger partial charge in [-0.1, -0.05) is 23.7 Å². The summed E-state index contributed by atoms with van der Waals surface area (Å²) in [5.74, 6) is -2.69. The SMILES string of the molecule is O=C1Nc2cc(Cl)c([N+](=O)[O-])cc2/C1=C\c1cccc(NC(=O)C(F)(F)F)c1. The third kappa shape index (κ3) is 3.81. The van der Waals surface area contributed by atoms with Crippen LogP contribution in [0.4, 0.5) is 30.2 Å². The maximum Gasteiger partial charge on any atom is 0.471 e. The van der Waals surface area contributed by atoms with Gasteiger partial charge in [0, 0.05) is 22.9 Å². The van der Waals surface area contributed by atoms with E-state index >= 15 is 0 Å². The van der Waals surface area contributed by atoms with Crippen molar-refractivity contribution in [2.45, 2.75) is 6.18 Å². The Kier molecular flexibility index (Phi) is 4.82. The second-order valence-corrected chi connectivity index (χ2v) is 6.10. The van der Waals surface area contributed by atoms with Crippen LogP contribution in [0.5, 0.6) is 0 Å². The first-order valence-electron chi connectivity index (χ1n) is 7.56. The molecule has 0 unspecified atom stereocenters. The van der Waals surface area contributed by atoms with Gasteiger partial charge in [0.25, 0.3) is 11.6 Å². The fraction of sp³-hybridized carbons (Fsp3) is 0.0588. The van der Waals surface area contributed by atoms with Crippen LogP contribution in [0.1, 0.15) is 11.1 Å². The van der Waals surface area contributed by atoms with E-state index in [0.29, 0.717) is 5.56 Å². The molecule has 2 N–H and O–H groups in total. The average molecular weight is 412 g/mol. The van der Waals surface area contributed by atoms with Crippen LogP contribution in [0, 0.1) is 10.1 Å². The molecule has 1 aliphatic rings. The smallest absolute Gasteiger partial charge is 0.321 e. The van der Waals surface area contributed by atoms with E-state index in [9.17, 15) is 32.9 Å². The van der Waals surface area contributed by atoms with Crippen molar-refractivity contribution < 1.29 is 27.7 Å². The van der Waals surface area contributed by atoms with Gasteiger partial charge in [-0.05, 0) is 29.8 Å². The number of halogens is 4. The molecule has 0 bridgehead atoms. The Labute approximate surface area is 159 Å². The fourth-order valence-electron chi connectivity index (χ4n) is 2.56. The Morgan fingerprint density at radius 2 is 1.96 bits per heavy atom. The van der Waals surface area contributed by atoms with E-state index in [-0.39, 0.29) is 27.5 Å². The molecule has 1 aliphatic heterocycles. The Morgan fingerprint density at radius 3 is 2.61 bits per heavy atom. The third-order valence-electron chi connectivity index (χ3n) is 3.78. The van der Waals surface area contributed by atoms with Crippen molar-refractivity contribution in [2.24, 2.45) is 0 Å². The second-order valence-electron chi connectivity index (χ2n) is 5.70. The highest BCUT2D eigenvalue weighted by Crippen LogP contribution is 2.39. The predicted octanol–water partition coefficient (Wildman–Crippen LogP) is 4.24. The largest absolute Gasteiger partial charge is 0.471 e. The van der Waals surface area contributed by atoms with Crippen LogP contribution in [0.3, 0.4) is 0 Å². The Balaban J connectivity index is 1.98. The Hall–Kier alpha value is -3.40. The number of hydrogen-bond donors (Lipinski definition) is 2. The van der Waals surface area contributed by atoms with Crippen LogP contribution in [-0.4, -0.2) is 22.9 Å². The lowest BCUT2D eigenvalue weighted by molar-refractivity contribution is -0.384. The summed E-state index contributed by atoms with van der Waals surface area (Å²) in [5.41, 5.74) is 0.343. The molecule has 2 amide bonds. The summed E-state index contributed by atoms with van der Waals surface area (Å²) in [7, 11) is 0. The van der Waals surface area contributed by atoms with Gasteiger partial charge in [-0.15, -0.1) is 0 Å². The first-order chi connectivity index (χ1) is 13.1. The van der Waals surface area contributed by atoms with Gasteiger partial charge in [0.05, 0.1) is 10.6 Å². The molecular weight excluding hydrogens is 403 g/mol. The summed E-state index contributed by atoms with van der Waals surface area (Å²) < 4.78 is 37.1. The second kappa shape index (κ2) is 6.97. The van der Waals surface area contributed by atoms with Crippen LogP contribution in [-0.2, 0) is 9.59 Å². The van der Waals surface area contributed by atoms with Crippen molar-refractivity contribution in [2.75, 3.05) is 10.6 Å². The Bertz CT molecular complexity index is 1050. The Morgan fingerprint density at radius 1 is 1.25 bits per heavy atom. The van der Waals surface area contributed by atoms with Crippen molar-refractivity contribution in [1.29, 1.82) is 0 Å².